The summed E-state index contributed by atoms with van der Waals surface area (Å²) in [6.45, 7) is 0. The molecular weight excluding hydrogens is 512 g/mol. The van der Waals surface area contributed by atoms with E-state index >= 15 is 0 Å². The Balaban J connectivity index is 1.39. The van der Waals surface area contributed by atoms with Crippen molar-refractivity contribution in [3.63, 3.8) is 0 Å². The van der Waals surface area contributed by atoms with Crippen LogP contribution in [0.2, 0.25) is 0 Å². The molecule has 0 aliphatic carbocycles. The van der Waals surface area contributed by atoms with Crippen LogP contribution in [0.3, 0.4) is 0 Å². The van der Waals surface area contributed by atoms with Crippen LogP contribution in [0.1, 0.15) is 30.0 Å². The smallest absolute Gasteiger partial charge is 0.247 e. The van der Waals surface area contributed by atoms with Crippen molar-refractivity contribution in [1.29, 1.82) is 5.41 Å². The van der Waals surface area contributed by atoms with Gasteiger partial charge in [0.05, 0.1) is 17.4 Å². The van der Waals surface area contributed by atoms with E-state index < -0.39 is 5.25 Å². The SMILES string of the molecule is N=C(S[C@@H]1CC(=O)N(c2cccc(Br)c2)C1=O)N1N=C(c2ccccc2)C[C@H]1c1ccccc1. The number of rotatable bonds is 4. The van der Waals surface area contributed by atoms with E-state index in [1.165, 1.54) is 4.90 Å². The first kappa shape index (κ1) is 22.6. The van der Waals surface area contributed by atoms with Gasteiger partial charge >= 0.3 is 0 Å². The fourth-order valence-electron chi connectivity index (χ4n) is 4.21. The lowest BCUT2D eigenvalue weighted by Crippen LogP contribution is -2.32. The zero-order valence-corrected chi connectivity index (χ0v) is 20.5. The van der Waals surface area contributed by atoms with Crippen molar-refractivity contribution in [3.05, 3.63) is 101 Å². The number of hydrogen-bond donors (Lipinski definition) is 1. The van der Waals surface area contributed by atoms with Gasteiger partial charge in [0.1, 0.15) is 5.25 Å². The normalized spacial score (nSPS) is 20.1. The van der Waals surface area contributed by atoms with Crippen molar-refractivity contribution in [3.8, 4) is 0 Å². The Hall–Kier alpha value is -3.23. The molecule has 2 atom stereocenters. The summed E-state index contributed by atoms with van der Waals surface area (Å²) >= 11 is 4.49. The highest BCUT2D eigenvalue weighted by atomic mass is 79.9. The molecule has 3 aromatic carbocycles. The summed E-state index contributed by atoms with van der Waals surface area (Å²) in [4.78, 5) is 27.0. The molecule has 170 valence electrons. The Morgan fingerprint density at radius 3 is 2.35 bits per heavy atom. The van der Waals surface area contributed by atoms with Crippen LogP contribution in [0, 0.1) is 5.41 Å². The Bertz CT molecular complexity index is 1280. The summed E-state index contributed by atoms with van der Waals surface area (Å²) in [5.41, 5.74) is 3.49. The molecule has 2 aliphatic heterocycles. The highest BCUT2D eigenvalue weighted by Crippen LogP contribution is 2.38. The van der Waals surface area contributed by atoms with Crippen molar-refractivity contribution in [2.75, 3.05) is 4.90 Å². The molecule has 0 unspecified atom stereocenters. The van der Waals surface area contributed by atoms with Crippen molar-refractivity contribution in [1.82, 2.24) is 5.01 Å². The van der Waals surface area contributed by atoms with Crippen LogP contribution < -0.4 is 4.90 Å². The van der Waals surface area contributed by atoms with E-state index in [1.54, 1.807) is 23.2 Å². The minimum atomic E-state index is -0.661. The van der Waals surface area contributed by atoms with Gasteiger partial charge in [0.2, 0.25) is 11.8 Å². The Morgan fingerprint density at radius 2 is 1.65 bits per heavy atom. The van der Waals surface area contributed by atoms with Gasteiger partial charge in [-0.1, -0.05) is 94.4 Å². The number of amides is 2. The molecule has 0 spiro atoms. The molecule has 6 nitrogen and oxygen atoms in total. The van der Waals surface area contributed by atoms with Crippen LogP contribution in [0.25, 0.3) is 0 Å². The third-order valence-electron chi connectivity index (χ3n) is 5.84. The number of imide groups is 1. The molecule has 0 aromatic heterocycles. The maximum Gasteiger partial charge on any atom is 0.247 e. The van der Waals surface area contributed by atoms with E-state index in [2.05, 4.69) is 15.9 Å². The zero-order valence-electron chi connectivity index (χ0n) is 18.1. The number of nitrogens with zero attached hydrogens (tertiary/aromatic N) is 3. The molecule has 2 aliphatic rings. The molecule has 0 radical (unpaired) electrons. The standard InChI is InChI=1S/C26H21BrN4O2S/c27-19-12-7-13-20(14-19)30-24(32)16-23(25(30)33)34-26(28)31-22(18-10-5-2-6-11-18)15-21(29-31)17-8-3-1-4-9-17/h1-14,22-23,28H,15-16H2/t22-,23+/m0/s1. The third kappa shape index (κ3) is 4.43. The number of carbonyl (C=O) groups excluding carboxylic acids is 2. The van der Waals surface area contributed by atoms with E-state index in [9.17, 15) is 9.59 Å². The number of hydrogen-bond acceptors (Lipinski definition) is 5. The lowest BCUT2D eigenvalue weighted by atomic mass is 9.99. The largest absolute Gasteiger partial charge is 0.277 e. The van der Waals surface area contributed by atoms with Crippen LogP contribution in [0.4, 0.5) is 5.69 Å². The molecule has 34 heavy (non-hydrogen) atoms. The number of anilines is 1. The number of amidine groups is 1. The minimum Gasteiger partial charge on any atom is -0.277 e. The van der Waals surface area contributed by atoms with Gasteiger partial charge in [-0.05, 0) is 29.3 Å². The summed E-state index contributed by atoms with van der Waals surface area (Å²) in [6, 6.07) is 26.8. The van der Waals surface area contributed by atoms with Gasteiger partial charge in [0.15, 0.2) is 5.17 Å². The van der Waals surface area contributed by atoms with Crippen LogP contribution in [-0.2, 0) is 9.59 Å². The quantitative estimate of drug-likeness (QED) is 0.269. The third-order valence-corrected chi connectivity index (χ3v) is 7.39. The van der Waals surface area contributed by atoms with E-state index in [0.29, 0.717) is 12.1 Å². The van der Waals surface area contributed by atoms with Crippen LogP contribution in [0.15, 0.2) is 94.5 Å². The molecule has 0 bridgehead atoms. The first-order chi connectivity index (χ1) is 16.5. The number of carbonyl (C=O) groups is 2. The number of thioether (sulfide) groups is 1. The first-order valence-electron chi connectivity index (χ1n) is 10.9. The zero-order chi connectivity index (χ0) is 23.7. The highest BCUT2D eigenvalue weighted by molar-refractivity contribution is 9.10. The molecule has 8 heteroatoms. The van der Waals surface area contributed by atoms with Gasteiger partial charge < -0.3 is 0 Å². The molecule has 5 rings (SSSR count). The Kier molecular flexibility index (Phi) is 6.34. The van der Waals surface area contributed by atoms with E-state index in [1.807, 2.05) is 66.7 Å². The van der Waals surface area contributed by atoms with Gasteiger partial charge in [-0.15, -0.1) is 0 Å². The second kappa shape index (κ2) is 9.56. The fourth-order valence-corrected chi connectivity index (χ4v) is 5.57. The van der Waals surface area contributed by atoms with Gasteiger partial charge in [-0.25, -0.2) is 9.91 Å². The number of hydrazone groups is 1. The van der Waals surface area contributed by atoms with E-state index in [0.717, 1.165) is 33.1 Å². The minimum absolute atomic E-state index is 0.0531. The Labute approximate surface area is 210 Å². The summed E-state index contributed by atoms with van der Waals surface area (Å²) in [6.07, 6.45) is 0.705. The number of halogens is 1. The molecular formula is C26H21BrN4O2S. The molecule has 1 fully saturated rings. The fraction of sp³-hybridized carbons (Fsp3) is 0.154. The predicted octanol–water partition coefficient (Wildman–Crippen LogP) is 5.60. The molecule has 0 saturated carbocycles. The van der Waals surface area contributed by atoms with Gasteiger partial charge in [0.25, 0.3) is 0 Å². The van der Waals surface area contributed by atoms with Crippen molar-refractivity contribution in [2.24, 2.45) is 5.10 Å². The topological polar surface area (TPSA) is 76.8 Å². The lowest BCUT2D eigenvalue weighted by molar-refractivity contribution is -0.121. The van der Waals surface area contributed by atoms with E-state index in [4.69, 9.17) is 10.5 Å². The average molecular weight is 533 g/mol. The monoisotopic (exact) mass is 532 g/mol. The van der Waals surface area contributed by atoms with Gasteiger partial charge in [0, 0.05) is 17.3 Å². The summed E-state index contributed by atoms with van der Waals surface area (Å²) in [5.74, 6) is -0.566. The number of nitrogens with one attached hydrogen (secondary N) is 1. The van der Waals surface area contributed by atoms with Crippen LogP contribution >= 0.6 is 27.7 Å². The summed E-state index contributed by atoms with van der Waals surface area (Å²) in [7, 11) is 0. The molecule has 2 amide bonds. The van der Waals surface area contributed by atoms with Gasteiger partial charge in [-0.2, -0.15) is 5.10 Å². The van der Waals surface area contributed by atoms with Crippen LogP contribution in [-0.4, -0.2) is 33.0 Å². The molecule has 1 saturated heterocycles. The van der Waals surface area contributed by atoms with E-state index in [-0.39, 0.29) is 29.4 Å². The van der Waals surface area contributed by atoms with Crippen molar-refractivity contribution >= 4 is 56.1 Å². The summed E-state index contributed by atoms with van der Waals surface area (Å²) in [5, 5.41) is 14.8. The first-order valence-corrected chi connectivity index (χ1v) is 12.5. The van der Waals surface area contributed by atoms with Crippen LogP contribution in [0.5, 0.6) is 0 Å². The molecule has 3 aromatic rings. The highest BCUT2D eigenvalue weighted by Gasteiger charge is 2.42. The average Bonchev–Trinajstić information content (AvgIpc) is 3.41. The maximum atomic E-state index is 13.1. The predicted molar refractivity (Wildman–Crippen MR) is 139 cm³/mol. The molecule has 1 N–H and O–H groups in total. The maximum absolute atomic E-state index is 13.1. The Morgan fingerprint density at radius 1 is 0.941 bits per heavy atom. The van der Waals surface area contributed by atoms with Crippen molar-refractivity contribution < 1.29 is 9.59 Å². The molecule has 2 heterocycles. The summed E-state index contributed by atoms with van der Waals surface area (Å²) < 4.78 is 0.792. The number of benzene rings is 3. The van der Waals surface area contributed by atoms with Crippen molar-refractivity contribution in [2.45, 2.75) is 24.1 Å². The second-order valence-electron chi connectivity index (χ2n) is 8.05. The lowest BCUT2D eigenvalue weighted by Gasteiger charge is -2.24. The second-order valence-corrected chi connectivity index (χ2v) is 10.2. The van der Waals surface area contributed by atoms with Gasteiger partial charge in [-0.3, -0.25) is 15.0 Å².